The predicted molar refractivity (Wildman–Crippen MR) is 90.1 cm³/mol. The summed E-state index contributed by atoms with van der Waals surface area (Å²) in [5, 5.41) is 3.25. The van der Waals surface area contributed by atoms with Crippen molar-refractivity contribution in [1.82, 2.24) is 9.78 Å². The molecular formula is C16H15Cl2F3N2O3. The van der Waals surface area contributed by atoms with Gasteiger partial charge >= 0.3 is 12.3 Å². The second-order valence-electron chi connectivity index (χ2n) is 6.38. The normalized spacial score (nSPS) is 12.2. The Labute approximate surface area is 157 Å². The van der Waals surface area contributed by atoms with E-state index in [-0.39, 0.29) is 21.7 Å². The van der Waals surface area contributed by atoms with Crippen LogP contribution in [0.2, 0.25) is 10.0 Å². The van der Waals surface area contributed by atoms with E-state index in [1.54, 1.807) is 27.7 Å². The van der Waals surface area contributed by atoms with Crippen LogP contribution in [0.15, 0.2) is 18.2 Å². The highest BCUT2D eigenvalue weighted by Crippen LogP contribution is 2.41. The van der Waals surface area contributed by atoms with Crippen LogP contribution >= 0.6 is 23.2 Å². The molecule has 0 unspecified atom stereocenters. The molecule has 1 aromatic carbocycles. The van der Waals surface area contributed by atoms with E-state index in [0.29, 0.717) is 17.8 Å². The Morgan fingerprint density at radius 3 is 2.12 bits per heavy atom. The Hall–Kier alpha value is -1.93. The fourth-order valence-corrected chi connectivity index (χ4v) is 2.48. The zero-order chi connectivity index (χ0) is 19.9. The highest BCUT2D eigenvalue weighted by Gasteiger charge is 2.32. The molecule has 142 valence electrons. The van der Waals surface area contributed by atoms with Crippen LogP contribution in [0.3, 0.4) is 0 Å². The minimum atomic E-state index is -4.60. The Balaban J connectivity index is 2.30. The van der Waals surface area contributed by atoms with E-state index in [9.17, 15) is 18.0 Å². The summed E-state index contributed by atoms with van der Waals surface area (Å²) in [4.78, 5) is 12.1. The number of alkyl halides is 3. The molecule has 0 saturated heterocycles. The van der Waals surface area contributed by atoms with Gasteiger partial charge in [0, 0.05) is 6.07 Å². The molecule has 0 spiro atoms. The number of nitrogens with zero attached hydrogens (tertiary/aromatic N) is 2. The fraction of sp³-hybridized carbons (Fsp3) is 0.375. The number of carbonyl (C=O) groups is 1. The smallest absolute Gasteiger partial charge is 0.435 e. The second kappa shape index (κ2) is 7.00. The van der Waals surface area contributed by atoms with E-state index < -0.39 is 23.4 Å². The number of rotatable bonds is 2. The van der Waals surface area contributed by atoms with E-state index in [4.69, 9.17) is 32.7 Å². The zero-order valence-electron chi connectivity index (χ0n) is 14.2. The number of hydrogen-bond donors (Lipinski definition) is 0. The number of carbonyl (C=O) groups excluding carboxylic acids is 1. The van der Waals surface area contributed by atoms with Gasteiger partial charge in [0.05, 0.1) is 21.3 Å². The quantitative estimate of drug-likeness (QED) is 0.600. The van der Waals surface area contributed by atoms with Gasteiger partial charge in [0.1, 0.15) is 5.60 Å². The first kappa shape index (κ1) is 20.4. The lowest BCUT2D eigenvalue weighted by Gasteiger charge is -2.19. The standard InChI is InChI=1S/C16H15Cl2F3N2O3/c1-8-5-12(22-23(8)14(24)26-15(2,3)4)25-13-10(17)6-9(7-11(13)18)16(19,20)21/h5-7H,1-4H3. The summed E-state index contributed by atoms with van der Waals surface area (Å²) < 4.78 is 49.8. The summed E-state index contributed by atoms with van der Waals surface area (Å²) in [6, 6.07) is 2.79. The molecule has 0 N–H and O–H groups in total. The predicted octanol–water partition coefficient (Wildman–Crippen LogP) is 6.09. The van der Waals surface area contributed by atoms with Gasteiger partial charge in [-0.25, -0.2) is 4.79 Å². The summed E-state index contributed by atoms with van der Waals surface area (Å²) in [7, 11) is 0. The first-order chi connectivity index (χ1) is 11.8. The molecule has 0 saturated carbocycles. The lowest BCUT2D eigenvalue weighted by Crippen LogP contribution is -2.28. The second-order valence-corrected chi connectivity index (χ2v) is 7.20. The van der Waals surface area contributed by atoms with Crippen LogP contribution in [0.5, 0.6) is 11.6 Å². The van der Waals surface area contributed by atoms with Gasteiger partial charge in [0.25, 0.3) is 0 Å². The van der Waals surface area contributed by atoms with E-state index in [0.717, 1.165) is 4.68 Å². The summed E-state index contributed by atoms with van der Waals surface area (Å²) in [6.45, 7) is 6.68. The summed E-state index contributed by atoms with van der Waals surface area (Å²) in [5.74, 6) is -0.271. The Bertz CT molecular complexity index is 819. The van der Waals surface area contributed by atoms with Crippen LogP contribution in [0.4, 0.5) is 18.0 Å². The molecule has 0 aliphatic rings. The van der Waals surface area contributed by atoms with E-state index in [2.05, 4.69) is 5.10 Å². The van der Waals surface area contributed by atoms with Gasteiger partial charge in [0.15, 0.2) is 5.75 Å². The Morgan fingerprint density at radius 2 is 1.65 bits per heavy atom. The molecule has 2 aromatic rings. The molecule has 0 aliphatic heterocycles. The van der Waals surface area contributed by atoms with E-state index >= 15 is 0 Å². The zero-order valence-corrected chi connectivity index (χ0v) is 15.8. The minimum absolute atomic E-state index is 0.0723. The van der Waals surface area contributed by atoms with Crippen LogP contribution in [0.25, 0.3) is 0 Å². The number of aryl methyl sites for hydroxylation is 1. The molecule has 0 aliphatic carbocycles. The minimum Gasteiger partial charge on any atom is -0.442 e. The molecule has 0 bridgehead atoms. The third kappa shape index (κ3) is 4.82. The van der Waals surface area contributed by atoms with Crippen LogP contribution < -0.4 is 4.74 Å². The highest BCUT2D eigenvalue weighted by molar-refractivity contribution is 6.37. The van der Waals surface area contributed by atoms with Gasteiger partial charge in [-0.15, -0.1) is 5.10 Å². The number of ether oxygens (including phenoxy) is 2. The average Bonchev–Trinajstić information content (AvgIpc) is 2.80. The maximum atomic E-state index is 12.8. The van der Waals surface area contributed by atoms with Crippen LogP contribution in [-0.4, -0.2) is 21.5 Å². The maximum absolute atomic E-state index is 12.8. The SMILES string of the molecule is Cc1cc(Oc2c(Cl)cc(C(F)(F)F)cc2Cl)nn1C(=O)OC(C)(C)C. The molecule has 0 atom stereocenters. The van der Waals surface area contributed by atoms with Gasteiger partial charge in [-0.05, 0) is 39.8 Å². The summed E-state index contributed by atoms with van der Waals surface area (Å²) in [6.07, 6.45) is -5.32. The third-order valence-electron chi connectivity index (χ3n) is 2.96. The topological polar surface area (TPSA) is 53.4 Å². The van der Waals surface area contributed by atoms with Gasteiger partial charge in [-0.1, -0.05) is 23.2 Å². The molecule has 26 heavy (non-hydrogen) atoms. The van der Waals surface area contributed by atoms with Crippen molar-refractivity contribution in [3.05, 3.63) is 39.5 Å². The molecular weight excluding hydrogens is 396 g/mol. The molecule has 10 heteroatoms. The first-order valence-electron chi connectivity index (χ1n) is 7.32. The average molecular weight is 411 g/mol. The highest BCUT2D eigenvalue weighted by atomic mass is 35.5. The van der Waals surface area contributed by atoms with Crippen molar-refractivity contribution >= 4 is 29.3 Å². The van der Waals surface area contributed by atoms with Gasteiger partial charge in [-0.3, -0.25) is 0 Å². The van der Waals surface area contributed by atoms with Crippen molar-refractivity contribution in [1.29, 1.82) is 0 Å². The number of hydrogen-bond acceptors (Lipinski definition) is 4. The van der Waals surface area contributed by atoms with Crippen molar-refractivity contribution in [2.24, 2.45) is 0 Å². The molecule has 0 radical (unpaired) electrons. The maximum Gasteiger partial charge on any atom is 0.435 e. The van der Waals surface area contributed by atoms with Gasteiger partial charge in [0.2, 0.25) is 5.88 Å². The van der Waals surface area contributed by atoms with Crippen LogP contribution in [-0.2, 0) is 10.9 Å². The largest absolute Gasteiger partial charge is 0.442 e. The van der Waals surface area contributed by atoms with Crippen molar-refractivity contribution in [3.8, 4) is 11.6 Å². The van der Waals surface area contributed by atoms with Crippen molar-refractivity contribution < 1.29 is 27.4 Å². The fourth-order valence-electron chi connectivity index (χ4n) is 1.91. The number of halogens is 5. The third-order valence-corrected chi connectivity index (χ3v) is 3.53. The monoisotopic (exact) mass is 410 g/mol. The Kier molecular flexibility index (Phi) is 5.49. The van der Waals surface area contributed by atoms with Gasteiger partial charge < -0.3 is 9.47 Å². The molecule has 2 rings (SSSR count). The Morgan fingerprint density at radius 1 is 1.12 bits per heavy atom. The molecule has 0 amide bonds. The van der Waals surface area contributed by atoms with Gasteiger partial charge in [-0.2, -0.15) is 17.9 Å². The van der Waals surface area contributed by atoms with Crippen molar-refractivity contribution in [3.63, 3.8) is 0 Å². The summed E-state index contributed by atoms with van der Waals surface area (Å²) >= 11 is 11.7. The number of benzene rings is 1. The lowest BCUT2D eigenvalue weighted by molar-refractivity contribution is -0.137. The lowest BCUT2D eigenvalue weighted by atomic mass is 10.2. The first-order valence-corrected chi connectivity index (χ1v) is 8.07. The number of aromatic nitrogens is 2. The molecule has 5 nitrogen and oxygen atoms in total. The van der Waals surface area contributed by atoms with Crippen LogP contribution in [0.1, 0.15) is 32.0 Å². The molecule has 1 heterocycles. The van der Waals surface area contributed by atoms with E-state index in [1.165, 1.54) is 6.07 Å². The van der Waals surface area contributed by atoms with Crippen molar-refractivity contribution in [2.45, 2.75) is 39.5 Å². The molecule has 1 aromatic heterocycles. The van der Waals surface area contributed by atoms with Crippen molar-refractivity contribution in [2.75, 3.05) is 0 Å². The molecule has 0 fully saturated rings. The van der Waals surface area contributed by atoms with Crippen LogP contribution in [0, 0.1) is 6.92 Å². The van der Waals surface area contributed by atoms with E-state index in [1.807, 2.05) is 0 Å². The summed E-state index contributed by atoms with van der Waals surface area (Å²) in [5.41, 5.74) is -1.33.